The van der Waals surface area contributed by atoms with Gasteiger partial charge in [-0.3, -0.25) is 4.79 Å². The third-order valence-electron chi connectivity index (χ3n) is 4.46. The minimum atomic E-state index is -0.462. The molecule has 0 unspecified atom stereocenters. The molecule has 0 aromatic heterocycles. The van der Waals surface area contributed by atoms with Crippen molar-refractivity contribution in [3.8, 4) is 23.0 Å². The molecule has 0 saturated heterocycles. The van der Waals surface area contributed by atoms with Gasteiger partial charge in [0.1, 0.15) is 5.75 Å². The Morgan fingerprint density at radius 1 is 0.933 bits per heavy atom. The van der Waals surface area contributed by atoms with Crippen LogP contribution >= 0.6 is 0 Å². The predicted molar refractivity (Wildman–Crippen MR) is 112 cm³/mol. The summed E-state index contributed by atoms with van der Waals surface area (Å²) >= 11 is 0. The van der Waals surface area contributed by atoms with Crippen molar-refractivity contribution in [2.75, 3.05) is 40.4 Å². The Morgan fingerprint density at radius 3 is 2.27 bits per heavy atom. The highest BCUT2D eigenvalue weighted by molar-refractivity contribution is 5.91. The number of hydrogen-bond donors (Lipinski definition) is 1. The van der Waals surface area contributed by atoms with Crippen LogP contribution in [0.5, 0.6) is 23.0 Å². The normalized spacial score (nSPS) is 10.2. The van der Waals surface area contributed by atoms with E-state index in [1.54, 1.807) is 38.5 Å². The van der Waals surface area contributed by atoms with Crippen LogP contribution in [0.15, 0.2) is 30.3 Å². The van der Waals surface area contributed by atoms with E-state index in [0.717, 1.165) is 11.1 Å². The number of anilines is 1. The van der Waals surface area contributed by atoms with E-state index in [-0.39, 0.29) is 18.9 Å². The summed E-state index contributed by atoms with van der Waals surface area (Å²) in [5.74, 6) is 1.52. The predicted octanol–water partition coefficient (Wildman–Crippen LogP) is 3.14. The van der Waals surface area contributed by atoms with Crippen LogP contribution in [0.3, 0.4) is 0 Å². The van der Waals surface area contributed by atoms with Gasteiger partial charge < -0.3 is 29.0 Å². The van der Waals surface area contributed by atoms with Gasteiger partial charge >= 0.3 is 5.97 Å². The SMILES string of the molecule is COC(=O)COc1ccc(NC(=O)CCc2ccc(OC)c(OC)c2OC)c(C)c1. The number of carbonyl (C=O) groups is 2. The number of carbonyl (C=O) groups excluding carboxylic acids is 2. The van der Waals surface area contributed by atoms with Crippen molar-refractivity contribution in [2.24, 2.45) is 0 Å². The number of methoxy groups -OCH3 is 4. The Bertz CT molecular complexity index is 895. The summed E-state index contributed by atoms with van der Waals surface area (Å²) in [7, 11) is 5.94. The van der Waals surface area contributed by atoms with Gasteiger partial charge in [-0.2, -0.15) is 0 Å². The molecular formula is C22H27NO7. The first kappa shape index (κ1) is 22.9. The van der Waals surface area contributed by atoms with E-state index in [1.807, 2.05) is 13.0 Å². The van der Waals surface area contributed by atoms with Crippen LogP contribution in [0.1, 0.15) is 17.5 Å². The standard InChI is InChI=1S/C22H27NO7/c1-14-12-16(30-13-20(25)27-3)8-9-17(14)23-19(24)11-7-15-6-10-18(26-2)22(29-5)21(15)28-4/h6,8-10,12H,7,11,13H2,1-5H3,(H,23,24). The number of nitrogens with one attached hydrogen (secondary N) is 1. The van der Waals surface area contributed by atoms with E-state index >= 15 is 0 Å². The molecule has 0 aliphatic heterocycles. The van der Waals surface area contributed by atoms with Gasteiger partial charge in [0.05, 0.1) is 28.4 Å². The van der Waals surface area contributed by atoms with Gasteiger partial charge in [-0.25, -0.2) is 4.79 Å². The summed E-state index contributed by atoms with van der Waals surface area (Å²) in [4.78, 5) is 23.6. The number of ether oxygens (including phenoxy) is 5. The zero-order chi connectivity index (χ0) is 22.1. The molecule has 0 bridgehead atoms. The van der Waals surface area contributed by atoms with E-state index in [0.29, 0.717) is 35.1 Å². The van der Waals surface area contributed by atoms with Crippen molar-refractivity contribution in [2.45, 2.75) is 19.8 Å². The molecule has 2 aromatic carbocycles. The molecule has 1 N–H and O–H groups in total. The molecule has 8 heteroatoms. The van der Waals surface area contributed by atoms with Crippen molar-refractivity contribution in [3.63, 3.8) is 0 Å². The monoisotopic (exact) mass is 417 g/mol. The maximum absolute atomic E-state index is 12.5. The van der Waals surface area contributed by atoms with Crippen LogP contribution in [-0.2, 0) is 20.7 Å². The second kappa shape index (κ2) is 10.9. The molecule has 8 nitrogen and oxygen atoms in total. The summed E-state index contributed by atoms with van der Waals surface area (Å²) in [6, 6.07) is 8.80. The van der Waals surface area contributed by atoms with Gasteiger partial charge in [-0.1, -0.05) is 6.07 Å². The van der Waals surface area contributed by atoms with Crippen molar-refractivity contribution >= 4 is 17.6 Å². The van der Waals surface area contributed by atoms with Crippen LogP contribution in [-0.4, -0.2) is 46.9 Å². The Morgan fingerprint density at radius 2 is 1.67 bits per heavy atom. The fourth-order valence-electron chi connectivity index (χ4n) is 2.89. The lowest BCUT2D eigenvalue weighted by atomic mass is 10.1. The Labute approximate surface area is 176 Å². The zero-order valence-corrected chi connectivity index (χ0v) is 17.9. The second-order valence-electron chi connectivity index (χ2n) is 6.38. The van der Waals surface area contributed by atoms with Crippen molar-refractivity contribution in [1.29, 1.82) is 0 Å². The molecule has 1 amide bonds. The first-order valence-corrected chi connectivity index (χ1v) is 9.31. The molecule has 0 spiro atoms. The summed E-state index contributed by atoms with van der Waals surface area (Å²) in [5.41, 5.74) is 2.33. The van der Waals surface area contributed by atoms with Gasteiger partial charge in [0.2, 0.25) is 11.7 Å². The number of benzene rings is 2. The molecule has 0 atom stereocenters. The minimum absolute atomic E-state index is 0.141. The number of hydrogen-bond acceptors (Lipinski definition) is 7. The summed E-state index contributed by atoms with van der Waals surface area (Å²) in [5, 5.41) is 2.89. The first-order chi connectivity index (χ1) is 14.4. The van der Waals surface area contributed by atoms with Gasteiger partial charge in [0, 0.05) is 12.1 Å². The molecule has 30 heavy (non-hydrogen) atoms. The van der Waals surface area contributed by atoms with Crippen LogP contribution in [0, 0.1) is 6.92 Å². The summed E-state index contributed by atoms with van der Waals surface area (Å²) < 4.78 is 26.0. The zero-order valence-electron chi connectivity index (χ0n) is 17.9. The maximum Gasteiger partial charge on any atom is 0.343 e. The lowest BCUT2D eigenvalue weighted by Crippen LogP contribution is -2.14. The first-order valence-electron chi connectivity index (χ1n) is 9.31. The lowest BCUT2D eigenvalue weighted by Gasteiger charge is -2.16. The third kappa shape index (κ3) is 5.79. The Balaban J connectivity index is 2.00. The van der Waals surface area contributed by atoms with Gasteiger partial charge in [-0.15, -0.1) is 0 Å². The molecule has 2 rings (SSSR count). The fourth-order valence-corrected chi connectivity index (χ4v) is 2.89. The van der Waals surface area contributed by atoms with Gasteiger partial charge in [0.25, 0.3) is 0 Å². The van der Waals surface area contributed by atoms with Crippen LogP contribution in [0.2, 0.25) is 0 Å². The molecule has 0 saturated carbocycles. The summed E-state index contributed by atoms with van der Waals surface area (Å²) in [6.45, 7) is 1.67. The average molecular weight is 417 g/mol. The van der Waals surface area contributed by atoms with E-state index < -0.39 is 5.97 Å². The van der Waals surface area contributed by atoms with E-state index in [1.165, 1.54) is 14.2 Å². The Kier molecular flexibility index (Phi) is 8.34. The largest absolute Gasteiger partial charge is 0.493 e. The maximum atomic E-state index is 12.5. The average Bonchev–Trinajstić information content (AvgIpc) is 2.76. The van der Waals surface area contributed by atoms with E-state index in [2.05, 4.69) is 10.1 Å². The van der Waals surface area contributed by atoms with Gasteiger partial charge in [-0.05, 0) is 48.7 Å². The molecule has 0 radical (unpaired) electrons. The van der Waals surface area contributed by atoms with Crippen LogP contribution in [0.4, 0.5) is 5.69 Å². The Hall–Kier alpha value is -3.42. The fraction of sp³-hybridized carbons (Fsp3) is 0.364. The molecule has 2 aromatic rings. The van der Waals surface area contributed by atoms with Crippen molar-refractivity contribution in [1.82, 2.24) is 0 Å². The van der Waals surface area contributed by atoms with Crippen LogP contribution < -0.4 is 24.3 Å². The van der Waals surface area contributed by atoms with Crippen molar-refractivity contribution in [3.05, 3.63) is 41.5 Å². The van der Waals surface area contributed by atoms with E-state index in [9.17, 15) is 9.59 Å². The number of esters is 1. The number of aryl methyl sites for hydroxylation is 2. The quantitative estimate of drug-likeness (QED) is 0.594. The van der Waals surface area contributed by atoms with Crippen LogP contribution in [0.25, 0.3) is 0 Å². The van der Waals surface area contributed by atoms with E-state index in [4.69, 9.17) is 18.9 Å². The smallest absolute Gasteiger partial charge is 0.343 e. The second-order valence-corrected chi connectivity index (χ2v) is 6.38. The molecule has 0 fully saturated rings. The number of amides is 1. The number of rotatable bonds is 10. The highest BCUT2D eigenvalue weighted by Crippen LogP contribution is 2.40. The minimum Gasteiger partial charge on any atom is -0.493 e. The third-order valence-corrected chi connectivity index (χ3v) is 4.46. The lowest BCUT2D eigenvalue weighted by molar-refractivity contribution is -0.142. The molecule has 0 aliphatic carbocycles. The molecular weight excluding hydrogens is 390 g/mol. The molecule has 162 valence electrons. The molecule has 0 heterocycles. The van der Waals surface area contributed by atoms with Gasteiger partial charge in [0.15, 0.2) is 18.1 Å². The molecule has 0 aliphatic rings. The van der Waals surface area contributed by atoms with Crippen molar-refractivity contribution < 1.29 is 33.3 Å². The summed E-state index contributed by atoms with van der Waals surface area (Å²) in [6.07, 6.45) is 0.723. The highest BCUT2D eigenvalue weighted by Gasteiger charge is 2.17. The topological polar surface area (TPSA) is 92.3 Å². The highest BCUT2D eigenvalue weighted by atomic mass is 16.6.